The van der Waals surface area contributed by atoms with Gasteiger partial charge in [0.2, 0.25) is 5.91 Å². The number of likely N-dealkylation sites (tertiary alicyclic amines) is 1. The lowest BCUT2D eigenvalue weighted by molar-refractivity contribution is -0.132. The highest BCUT2D eigenvalue weighted by Crippen LogP contribution is 2.20. The second kappa shape index (κ2) is 5.81. The van der Waals surface area contributed by atoms with E-state index in [9.17, 15) is 9.59 Å². The minimum atomic E-state index is -0.242. The second-order valence-electron chi connectivity index (χ2n) is 4.94. The van der Waals surface area contributed by atoms with Crippen molar-refractivity contribution in [2.24, 2.45) is 0 Å². The Hall–Kier alpha value is -2.24. The van der Waals surface area contributed by atoms with E-state index in [0.29, 0.717) is 36.4 Å². The molecule has 0 bridgehead atoms. The van der Waals surface area contributed by atoms with Gasteiger partial charge >= 0.3 is 0 Å². The zero-order valence-electron chi connectivity index (χ0n) is 11.7. The first-order valence-corrected chi connectivity index (χ1v) is 6.49. The zero-order chi connectivity index (χ0) is 14.7. The van der Waals surface area contributed by atoms with Gasteiger partial charge in [-0.25, -0.2) is 0 Å². The largest absolute Gasteiger partial charge is 0.497 e. The number of carbonyl (C=O) groups excluding carboxylic acids is 2. The lowest BCUT2D eigenvalue weighted by atomic mass is 10.0. The van der Waals surface area contributed by atoms with Gasteiger partial charge in [-0.1, -0.05) is 0 Å². The molecule has 1 heterocycles. The Bertz CT molecular complexity index is 530. The number of ether oxygens (including phenoxy) is 1. The van der Waals surface area contributed by atoms with Crippen LogP contribution in [0.4, 0.5) is 5.69 Å². The maximum Gasteiger partial charge on any atom is 0.253 e. The fraction of sp³-hybridized carbons (Fsp3) is 0.429. The van der Waals surface area contributed by atoms with Gasteiger partial charge in [-0.15, -0.1) is 0 Å². The second-order valence-corrected chi connectivity index (χ2v) is 4.94. The molecule has 20 heavy (non-hydrogen) atoms. The summed E-state index contributed by atoms with van der Waals surface area (Å²) in [5.41, 5.74) is 6.62. The van der Waals surface area contributed by atoms with Crippen LogP contribution in [0.15, 0.2) is 18.2 Å². The van der Waals surface area contributed by atoms with Gasteiger partial charge in [-0.3, -0.25) is 9.59 Å². The SMILES string of the molecule is COc1ccc(N)c(C(=O)NC2CCC(=O)N(C)C2)c1. The number of hydrogen-bond donors (Lipinski definition) is 2. The lowest BCUT2D eigenvalue weighted by Gasteiger charge is -2.30. The number of nitrogens with two attached hydrogens (primary N) is 1. The van der Waals surface area contributed by atoms with Crippen LogP contribution in [-0.4, -0.2) is 43.5 Å². The lowest BCUT2D eigenvalue weighted by Crippen LogP contribution is -2.48. The number of piperidine rings is 1. The molecular formula is C14H19N3O3. The molecule has 0 aliphatic carbocycles. The van der Waals surface area contributed by atoms with Crippen LogP contribution in [0, 0.1) is 0 Å². The number of nitrogens with one attached hydrogen (secondary N) is 1. The highest BCUT2D eigenvalue weighted by Gasteiger charge is 2.24. The first-order valence-electron chi connectivity index (χ1n) is 6.49. The summed E-state index contributed by atoms with van der Waals surface area (Å²) in [5, 5.41) is 2.91. The Morgan fingerprint density at radius 1 is 1.50 bits per heavy atom. The van der Waals surface area contributed by atoms with Crippen molar-refractivity contribution in [3.8, 4) is 5.75 Å². The smallest absolute Gasteiger partial charge is 0.253 e. The molecule has 1 aromatic rings. The number of hydrogen-bond acceptors (Lipinski definition) is 4. The maximum atomic E-state index is 12.2. The molecule has 1 aliphatic heterocycles. The van der Waals surface area contributed by atoms with Gasteiger partial charge in [0.05, 0.1) is 12.7 Å². The van der Waals surface area contributed by atoms with Crippen LogP contribution < -0.4 is 15.8 Å². The quantitative estimate of drug-likeness (QED) is 0.794. The minimum Gasteiger partial charge on any atom is -0.497 e. The molecule has 2 rings (SSSR count). The Kier molecular flexibility index (Phi) is 4.12. The summed E-state index contributed by atoms with van der Waals surface area (Å²) < 4.78 is 5.09. The topological polar surface area (TPSA) is 84.7 Å². The van der Waals surface area contributed by atoms with E-state index in [1.165, 1.54) is 7.11 Å². The summed E-state index contributed by atoms with van der Waals surface area (Å²) in [5.74, 6) is 0.450. The van der Waals surface area contributed by atoms with E-state index in [-0.39, 0.29) is 17.9 Å². The Labute approximate surface area is 117 Å². The summed E-state index contributed by atoms with van der Waals surface area (Å²) >= 11 is 0. The van der Waals surface area contributed by atoms with Gasteiger partial charge in [0.1, 0.15) is 5.75 Å². The molecule has 6 nitrogen and oxygen atoms in total. The van der Waals surface area contributed by atoms with E-state index in [1.54, 1.807) is 30.1 Å². The highest BCUT2D eigenvalue weighted by atomic mass is 16.5. The number of methoxy groups -OCH3 is 1. The molecule has 1 saturated heterocycles. The van der Waals surface area contributed by atoms with Crippen molar-refractivity contribution in [3.63, 3.8) is 0 Å². The molecule has 1 fully saturated rings. The first-order chi connectivity index (χ1) is 9.51. The van der Waals surface area contributed by atoms with E-state index in [1.807, 2.05) is 0 Å². The number of benzene rings is 1. The van der Waals surface area contributed by atoms with Crippen LogP contribution in [-0.2, 0) is 4.79 Å². The molecule has 0 spiro atoms. The van der Waals surface area contributed by atoms with E-state index in [0.717, 1.165) is 0 Å². The predicted molar refractivity (Wildman–Crippen MR) is 75.5 cm³/mol. The van der Waals surface area contributed by atoms with Crippen molar-refractivity contribution in [3.05, 3.63) is 23.8 Å². The van der Waals surface area contributed by atoms with Crippen molar-refractivity contribution in [2.75, 3.05) is 26.4 Å². The molecule has 6 heteroatoms. The van der Waals surface area contributed by atoms with Crippen molar-refractivity contribution in [2.45, 2.75) is 18.9 Å². The Morgan fingerprint density at radius 2 is 2.25 bits per heavy atom. The highest BCUT2D eigenvalue weighted by molar-refractivity contribution is 5.99. The molecule has 0 radical (unpaired) electrons. The number of anilines is 1. The van der Waals surface area contributed by atoms with E-state index in [2.05, 4.69) is 5.32 Å². The van der Waals surface area contributed by atoms with Gasteiger partial charge in [-0.2, -0.15) is 0 Å². The third-order valence-corrected chi connectivity index (χ3v) is 3.47. The van der Waals surface area contributed by atoms with E-state index in [4.69, 9.17) is 10.5 Å². The van der Waals surface area contributed by atoms with Crippen LogP contribution in [0.2, 0.25) is 0 Å². The average Bonchev–Trinajstić information content (AvgIpc) is 2.43. The molecular weight excluding hydrogens is 258 g/mol. The minimum absolute atomic E-state index is 0.0456. The third-order valence-electron chi connectivity index (χ3n) is 3.47. The molecule has 1 aliphatic rings. The van der Waals surface area contributed by atoms with Gasteiger partial charge in [0, 0.05) is 31.7 Å². The fourth-order valence-electron chi connectivity index (χ4n) is 2.25. The van der Waals surface area contributed by atoms with Crippen LogP contribution in [0.25, 0.3) is 0 Å². The molecule has 1 atom stereocenters. The molecule has 1 aromatic carbocycles. The van der Waals surface area contributed by atoms with Gasteiger partial charge in [0.25, 0.3) is 5.91 Å². The summed E-state index contributed by atoms with van der Waals surface area (Å²) in [6.07, 6.45) is 1.10. The zero-order valence-corrected chi connectivity index (χ0v) is 11.7. The van der Waals surface area contributed by atoms with Crippen LogP contribution >= 0.6 is 0 Å². The number of amides is 2. The van der Waals surface area contributed by atoms with Gasteiger partial charge in [0.15, 0.2) is 0 Å². The summed E-state index contributed by atoms with van der Waals surface area (Å²) in [4.78, 5) is 25.3. The van der Waals surface area contributed by atoms with Gasteiger partial charge in [-0.05, 0) is 24.6 Å². The molecule has 0 aromatic heterocycles. The molecule has 3 N–H and O–H groups in total. The molecule has 0 saturated carbocycles. The van der Waals surface area contributed by atoms with Gasteiger partial charge < -0.3 is 20.7 Å². The Balaban J connectivity index is 2.07. The monoisotopic (exact) mass is 277 g/mol. The maximum absolute atomic E-state index is 12.2. The van der Waals surface area contributed by atoms with E-state index >= 15 is 0 Å². The van der Waals surface area contributed by atoms with Crippen LogP contribution in [0.1, 0.15) is 23.2 Å². The van der Waals surface area contributed by atoms with Crippen molar-refractivity contribution < 1.29 is 14.3 Å². The van der Waals surface area contributed by atoms with Crippen LogP contribution in [0.5, 0.6) is 5.75 Å². The predicted octanol–water partition coefficient (Wildman–Crippen LogP) is 0.628. The van der Waals surface area contributed by atoms with Crippen molar-refractivity contribution in [1.29, 1.82) is 0 Å². The Morgan fingerprint density at radius 3 is 2.90 bits per heavy atom. The number of likely N-dealkylation sites (N-methyl/N-ethyl adjacent to an activating group) is 1. The number of rotatable bonds is 3. The number of nitrogens with zero attached hydrogens (tertiary/aromatic N) is 1. The standard InChI is InChI=1S/C14H19N3O3/c1-17-8-9(3-6-13(17)18)16-14(19)11-7-10(20-2)4-5-12(11)15/h4-5,7,9H,3,6,8,15H2,1-2H3,(H,16,19). The van der Waals surface area contributed by atoms with Crippen molar-refractivity contribution in [1.82, 2.24) is 10.2 Å². The third kappa shape index (κ3) is 3.01. The van der Waals surface area contributed by atoms with Crippen LogP contribution in [0.3, 0.4) is 0 Å². The summed E-state index contributed by atoms with van der Waals surface area (Å²) in [7, 11) is 3.27. The molecule has 108 valence electrons. The first kappa shape index (κ1) is 14.2. The molecule has 1 unspecified atom stereocenters. The number of nitrogen functional groups attached to an aromatic ring is 1. The normalized spacial score (nSPS) is 18.8. The summed E-state index contributed by atoms with van der Waals surface area (Å²) in [6, 6.07) is 4.92. The molecule has 2 amide bonds. The van der Waals surface area contributed by atoms with Crippen molar-refractivity contribution >= 4 is 17.5 Å². The fourth-order valence-corrected chi connectivity index (χ4v) is 2.25. The summed E-state index contributed by atoms with van der Waals surface area (Å²) in [6.45, 7) is 0.522. The average molecular weight is 277 g/mol. The number of carbonyl (C=O) groups is 2. The van der Waals surface area contributed by atoms with E-state index < -0.39 is 0 Å².